The molecule has 234 valence electrons. The molecule has 3 aliphatic heterocycles. The number of imidazole rings is 2. The van der Waals surface area contributed by atoms with E-state index in [0.29, 0.717) is 5.82 Å². The molecule has 7 heterocycles. The lowest BCUT2D eigenvalue weighted by Gasteiger charge is -2.33. The summed E-state index contributed by atoms with van der Waals surface area (Å²) in [6, 6.07) is 0. The van der Waals surface area contributed by atoms with Gasteiger partial charge in [-0.1, -0.05) is 0 Å². The Bertz CT molecular complexity index is 2010. The molecule has 3 saturated heterocycles. The minimum absolute atomic E-state index is 0.0271. The van der Waals surface area contributed by atoms with Crippen LogP contribution in [-0.4, -0.2) is 114 Å². The van der Waals surface area contributed by atoms with Crippen molar-refractivity contribution >= 4 is 73.8 Å². The second kappa shape index (κ2) is 11.5. The van der Waals surface area contributed by atoms with E-state index < -0.39 is 72.9 Å². The molecule has 10 atom stereocenters. The highest BCUT2D eigenvalue weighted by molar-refractivity contribution is 8.21. The molecule has 7 rings (SSSR count). The van der Waals surface area contributed by atoms with Gasteiger partial charge in [0, 0.05) is 0 Å². The highest BCUT2D eigenvalue weighted by atomic mass is 32.5. The van der Waals surface area contributed by atoms with E-state index in [4.69, 9.17) is 66.3 Å². The van der Waals surface area contributed by atoms with Gasteiger partial charge in [-0.15, -0.1) is 0 Å². The summed E-state index contributed by atoms with van der Waals surface area (Å²) in [5.74, 6) is 0.322. The van der Waals surface area contributed by atoms with Crippen LogP contribution < -0.4 is 11.1 Å². The molecular formula is C21H22B2N8O10P2S2. The number of hydrogen-bond donors (Lipinski definition) is 4. The number of hydrogen-bond acceptors (Lipinski definition) is 16. The molecule has 0 spiro atoms. The number of aromatic amines is 2. The second-order valence-corrected chi connectivity index (χ2v) is 16.6. The Morgan fingerprint density at radius 3 is 1.93 bits per heavy atom. The topological polar surface area (TPSA) is 223 Å². The molecule has 0 saturated carbocycles. The molecule has 0 aliphatic carbocycles. The van der Waals surface area contributed by atoms with Crippen molar-refractivity contribution in [1.29, 1.82) is 0 Å². The van der Waals surface area contributed by atoms with Gasteiger partial charge in [0.2, 0.25) is 0 Å². The van der Waals surface area contributed by atoms with Gasteiger partial charge in [-0.25, -0.2) is 19.9 Å². The molecule has 45 heavy (non-hydrogen) atoms. The van der Waals surface area contributed by atoms with Crippen LogP contribution >= 0.6 is 12.7 Å². The molecule has 4 aromatic heterocycles. The molecule has 4 unspecified atom stereocenters. The summed E-state index contributed by atoms with van der Waals surface area (Å²) in [5.41, 5.74) is -0.585. The van der Waals surface area contributed by atoms with Gasteiger partial charge in [0.25, 0.3) is 11.1 Å². The highest BCUT2D eigenvalue weighted by Gasteiger charge is 2.51. The molecule has 3 fully saturated rings. The molecule has 18 nitrogen and oxygen atoms in total. The molecule has 4 aromatic rings. The largest absolute Gasteiger partial charge is 0.386 e. The predicted octanol–water partition coefficient (Wildman–Crippen LogP) is -1.32. The SMILES string of the molecule is [B]P1(=S)OC[C@H]2O[C@@H](n3cnc4c(=O)[nH]cnc43)C(O)[C@H]2OP([B])(=S)OC[C@H]2O[C@@H](n3cnc4c(=O)[nH]c(C)nc43)[C@@H](O)C2O1. The van der Waals surface area contributed by atoms with E-state index in [1.54, 1.807) is 6.92 Å². The number of fused-ring (bicyclic) bond motifs is 4. The lowest BCUT2D eigenvalue weighted by atomic mass is 10.1. The number of aryl methyl sites for hydroxylation is 1. The van der Waals surface area contributed by atoms with Crippen LogP contribution in [0.4, 0.5) is 0 Å². The lowest BCUT2D eigenvalue weighted by molar-refractivity contribution is -0.0530. The maximum absolute atomic E-state index is 12.4. The van der Waals surface area contributed by atoms with Crippen LogP contribution in [0.1, 0.15) is 18.3 Å². The molecule has 4 radical (unpaired) electrons. The molecule has 24 heteroatoms. The van der Waals surface area contributed by atoms with Crippen LogP contribution in [0.25, 0.3) is 22.3 Å². The summed E-state index contributed by atoms with van der Waals surface area (Å²) in [5, 5.41) is 22.7. The summed E-state index contributed by atoms with van der Waals surface area (Å²) >= 11 is 10.9. The quantitative estimate of drug-likeness (QED) is 0.141. The monoisotopic (exact) mass is 694 g/mol. The first-order chi connectivity index (χ1) is 21.3. The highest BCUT2D eigenvalue weighted by Crippen LogP contribution is 2.53. The first-order valence-corrected chi connectivity index (χ1v) is 18.7. The van der Waals surface area contributed by atoms with Gasteiger partial charge in [0.1, 0.15) is 55.2 Å². The van der Waals surface area contributed by atoms with E-state index in [-0.39, 0.29) is 35.5 Å². The Balaban J connectivity index is 1.17. The van der Waals surface area contributed by atoms with Gasteiger partial charge in [-0.2, -0.15) is 0 Å². The van der Waals surface area contributed by atoms with Crippen molar-refractivity contribution in [1.82, 2.24) is 39.0 Å². The zero-order chi connectivity index (χ0) is 31.8. The first kappa shape index (κ1) is 31.4. The predicted molar refractivity (Wildman–Crippen MR) is 163 cm³/mol. The minimum Gasteiger partial charge on any atom is -0.386 e. The van der Waals surface area contributed by atoms with Crippen molar-refractivity contribution in [2.24, 2.45) is 0 Å². The number of ether oxygens (including phenoxy) is 2. The fourth-order valence-electron chi connectivity index (χ4n) is 5.45. The number of H-pyrrole nitrogens is 2. The molecule has 3 aliphatic rings. The number of aliphatic hydroxyl groups is 2. The zero-order valence-corrected chi connectivity index (χ0v) is 26.4. The lowest BCUT2D eigenvalue weighted by Crippen LogP contribution is -2.39. The third kappa shape index (κ3) is 5.70. The number of nitrogens with one attached hydrogen (secondary N) is 2. The third-order valence-electron chi connectivity index (χ3n) is 7.46. The maximum atomic E-state index is 12.4. The smallest absolute Gasteiger partial charge is 0.279 e. The Hall–Kier alpha value is -2.19. The fraction of sp³-hybridized carbons (Fsp3) is 0.524. The first-order valence-electron chi connectivity index (χ1n) is 13.3. The number of aromatic nitrogens is 8. The standard InChI is InChI=1S/C21H22B2N8O10P2S2/c1-7-28-17-11(19(35)29-7)27-6-31(17)21-13(33)15-9(39-21)3-37-42(22,44)40-14-8(2-36-43(23,45)41-15)38-20(12(14)32)30-5-26-10-16(30)24-4-25-18(10)34/h4-6,8-9,12-15,20-21,32-33H,2-3H2,1H3,(H,24,25,34)(H,28,29,35)/t8-,9-,12?,13+,14+,15?,20-,21-,42?,43?/m1/s1. The van der Waals surface area contributed by atoms with Gasteiger partial charge in [0.05, 0.1) is 32.2 Å². The third-order valence-corrected chi connectivity index (χ3v) is 10.7. The fourth-order valence-corrected chi connectivity index (χ4v) is 8.45. The van der Waals surface area contributed by atoms with Crippen molar-refractivity contribution in [3.8, 4) is 0 Å². The van der Waals surface area contributed by atoms with E-state index in [0.717, 1.165) is 0 Å². The van der Waals surface area contributed by atoms with E-state index in [1.807, 2.05) is 0 Å². The van der Waals surface area contributed by atoms with E-state index in [9.17, 15) is 19.8 Å². The van der Waals surface area contributed by atoms with Crippen LogP contribution in [0, 0.1) is 6.92 Å². The average molecular weight is 694 g/mol. The van der Waals surface area contributed by atoms with E-state index in [2.05, 4.69) is 29.9 Å². The van der Waals surface area contributed by atoms with Crippen LogP contribution in [-0.2, 0) is 51.2 Å². The summed E-state index contributed by atoms with van der Waals surface area (Å²) in [4.78, 5) is 46.1. The van der Waals surface area contributed by atoms with Crippen molar-refractivity contribution in [3.63, 3.8) is 0 Å². The Morgan fingerprint density at radius 1 is 0.867 bits per heavy atom. The summed E-state index contributed by atoms with van der Waals surface area (Å²) < 4.78 is 38.5. The van der Waals surface area contributed by atoms with Crippen molar-refractivity contribution in [2.75, 3.05) is 13.2 Å². The number of rotatable bonds is 2. The van der Waals surface area contributed by atoms with Crippen molar-refractivity contribution < 1.29 is 37.8 Å². The van der Waals surface area contributed by atoms with Crippen molar-refractivity contribution in [3.05, 3.63) is 45.5 Å². The van der Waals surface area contributed by atoms with Gasteiger partial charge in [0.15, 0.2) is 49.9 Å². The second-order valence-electron chi connectivity index (χ2n) is 10.5. The Kier molecular flexibility index (Phi) is 8.03. The minimum atomic E-state index is -3.64. The summed E-state index contributed by atoms with van der Waals surface area (Å²) in [6.45, 7) is 0.896. The maximum Gasteiger partial charge on any atom is 0.279 e. The van der Waals surface area contributed by atoms with Crippen LogP contribution in [0.15, 0.2) is 28.6 Å². The summed E-state index contributed by atoms with van der Waals surface area (Å²) in [6.07, 6.45) is -13.2. The normalized spacial score (nSPS) is 37.7. The average Bonchev–Trinajstić information content (AvgIpc) is 3.72. The van der Waals surface area contributed by atoms with Crippen molar-refractivity contribution in [2.45, 2.75) is 56.0 Å². The Labute approximate surface area is 264 Å². The van der Waals surface area contributed by atoms with Gasteiger partial charge >= 0.3 is 0 Å². The van der Waals surface area contributed by atoms with Gasteiger partial charge in [-0.05, 0) is 30.5 Å². The number of aliphatic hydroxyl groups excluding tert-OH is 2. The Morgan fingerprint density at radius 2 is 1.38 bits per heavy atom. The van der Waals surface area contributed by atoms with Gasteiger partial charge < -0.3 is 47.7 Å². The molecular weight excluding hydrogens is 672 g/mol. The van der Waals surface area contributed by atoms with Crippen LogP contribution in [0.2, 0.25) is 0 Å². The molecule has 0 amide bonds. The zero-order valence-electron chi connectivity index (χ0n) is 23.0. The van der Waals surface area contributed by atoms with E-state index in [1.165, 1.54) is 28.1 Å². The van der Waals surface area contributed by atoms with Crippen LogP contribution in [0.5, 0.6) is 0 Å². The summed E-state index contributed by atoms with van der Waals surface area (Å²) in [7, 11) is 12.6. The molecule has 4 N–H and O–H groups in total. The molecule has 0 aromatic carbocycles. The van der Waals surface area contributed by atoms with Crippen LogP contribution in [0.3, 0.4) is 0 Å². The van der Waals surface area contributed by atoms with E-state index >= 15 is 0 Å². The van der Waals surface area contributed by atoms with Gasteiger partial charge in [-0.3, -0.25) is 18.7 Å². The number of nitrogens with zero attached hydrogens (tertiary/aromatic N) is 6. The molecule has 0 bridgehead atoms.